The lowest BCUT2D eigenvalue weighted by molar-refractivity contribution is -0.123. The van der Waals surface area contributed by atoms with Crippen molar-refractivity contribution in [2.75, 3.05) is 45.9 Å². The van der Waals surface area contributed by atoms with Gasteiger partial charge >= 0.3 is 0 Å². The van der Waals surface area contributed by atoms with Crippen LogP contribution in [0.3, 0.4) is 0 Å². The van der Waals surface area contributed by atoms with Gasteiger partial charge in [-0.25, -0.2) is 9.98 Å². The Hall–Kier alpha value is -1.62. The molecule has 0 atom stereocenters. The van der Waals surface area contributed by atoms with E-state index in [4.69, 9.17) is 9.73 Å². The Balaban J connectivity index is 0.00000450. The van der Waals surface area contributed by atoms with Gasteiger partial charge < -0.3 is 20.3 Å². The molecule has 1 aliphatic rings. The summed E-state index contributed by atoms with van der Waals surface area (Å²) in [6.45, 7) is 14.0. The largest absolute Gasteiger partial charge is 0.478 e. The minimum Gasteiger partial charge on any atom is -0.478 e. The summed E-state index contributed by atoms with van der Waals surface area (Å²) in [7, 11) is 0. The smallest absolute Gasteiger partial charge is 0.234 e. The van der Waals surface area contributed by atoms with Crippen LogP contribution in [-0.2, 0) is 11.3 Å². The van der Waals surface area contributed by atoms with Crippen molar-refractivity contribution < 1.29 is 9.53 Å². The second-order valence-electron chi connectivity index (χ2n) is 7.51. The molecule has 0 aliphatic carbocycles. The predicted molar refractivity (Wildman–Crippen MR) is 132 cm³/mol. The maximum absolute atomic E-state index is 12.0. The molecule has 1 fully saturated rings. The molecule has 9 heteroatoms. The molecule has 2 heterocycles. The van der Waals surface area contributed by atoms with Gasteiger partial charge in [0.1, 0.15) is 0 Å². The number of aliphatic imine (C=N–C) groups is 1. The number of nitrogens with zero attached hydrogens (tertiary/aromatic N) is 4. The van der Waals surface area contributed by atoms with Crippen molar-refractivity contribution in [1.29, 1.82) is 0 Å². The van der Waals surface area contributed by atoms with Gasteiger partial charge in [0, 0.05) is 51.0 Å². The van der Waals surface area contributed by atoms with Crippen LogP contribution in [0.1, 0.15) is 39.7 Å². The van der Waals surface area contributed by atoms with E-state index in [-0.39, 0.29) is 35.9 Å². The predicted octanol–water partition coefficient (Wildman–Crippen LogP) is 2.10. The van der Waals surface area contributed by atoms with E-state index < -0.39 is 0 Å². The molecule has 8 nitrogen and oxygen atoms in total. The molecule has 0 radical (unpaired) electrons. The number of ether oxygens (including phenoxy) is 1. The molecule has 0 saturated carbocycles. The third-order valence-electron chi connectivity index (χ3n) is 4.49. The number of nitrogens with one attached hydrogen (secondary N) is 2. The molecule has 1 saturated heterocycles. The zero-order valence-corrected chi connectivity index (χ0v) is 21.0. The maximum Gasteiger partial charge on any atom is 0.234 e. The Morgan fingerprint density at radius 3 is 2.53 bits per heavy atom. The fourth-order valence-corrected chi connectivity index (χ4v) is 3.08. The third-order valence-corrected chi connectivity index (χ3v) is 4.49. The van der Waals surface area contributed by atoms with Gasteiger partial charge in [0.05, 0.1) is 19.7 Å². The molecule has 1 aliphatic heterocycles. The molecule has 0 bridgehead atoms. The fourth-order valence-electron chi connectivity index (χ4n) is 3.08. The van der Waals surface area contributed by atoms with E-state index in [1.165, 1.54) is 0 Å². The summed E-state index contributed by atoms with van der Waals surface area (Å²) in [4.78, 5) is 25.5. The highest BCUT2D eigenvalue weighted by molar-refractivity contribution is 14.0. The number of carbonyl (C=O) groups excluding carboxylic acids is 1. The summed E-state index contributed by atoms with van der Waals surface area (Å²) >= 11 is 0. The number of hydrogen-bond donors (Lipinski definition) is 2. The highest BCUT2D eigenvalue weighted by Gasteiger charge is 2.21. The summed E-state index contributed by atoms with van der Waals surface area (Å²) < 4.78 is 5.53. The van der Waals surface area contributed by atoms with Crippen LogP contribution < -0.4 is 15.4 Å². The lowest BCUT2D eigenvalue weighted by Crippen LogP contribution is -2.54. The number of aromatic nitrogens is 1. The van der Waals surface area contributed by atoms with E-state index in [1.54, 1.807) is 0 Å². The fraction of sp³-hybridized carbons (Fsp3) is 0.667. The van der Waals surface area contributed by atoms with Crippen molar-refractivity contribution in [2.24, 2.45) is 4.99 Å². The molecule has 0 spiro atoms. The quantitative estimate of drug-likeness (QED) is 0.288. The number of piperazine rings is 1. The van der Waals surface area contributed by atoms with Crippen molar-refractivity contribution in [3.05, 3.63) is 23.9 Å². The molecule has 1 aromatic rings. The number of hydrogen-bond acceptors (Lipinski definition) is 5. The molecule has 0 aromatic carbocycles. The van der Waals surface area contributed by atoms with Crippen molar-refractivity contribution in [3.63, 3.8) is 0 Å². The van der Waals surface area contributed by atoms with Crippen LogP contribution in [0, 0.1) is 0 Å². The maximum atomic E-state index is 12.0. The molecule has 0 unspecified atom stereocenters. The highest BCUT2D eigenvalue weighted by Crippen LogP contribution is 2.10. The number of guanidine groups is 1. The van der Waals surface area contributed by atoms with Crippen molar-refractivity contribution in [3.8, 4) is 5.88 Å². The first-order valence-corrected chi connectivity index (χ1v) is 10.6. The molecular formula is C21H37IN6O2. The minimum absolute atomic E-state index is 0. The molecule has 1 aromatic heterocycles. The second-order valence-corrected chi connectivity index (χ2v) is 7.51. The van der Waals surface area contributed by atoms with Gasteiger partial charge in [0.2, 0.25) is 11.8 Å². The van der Waals surface area contributed by atoms with Crippen LogP contribution in [0.25, 0.3) is 0 Å². The zero-order chi connectivity index (χ0) is 21.1. The Kier molecular flexibility index (Phi) is 12.7. The van der Waals surface area contributed by atoms with Gasteiger partial charge in [-0.3, -0.25) is 9.69 Å². The molecule has 2 N–H and O–H groups in total. The monoisotopic (exact) mass is 532 g/mol. The first kappa shape index (κ1) is 26.4. The lowest BCUT2D eigenvalue weighted by atomic mass is 10.3. The van der Waals surface area contributed by atoms with Gasteiger partial charge in [-0.15, -0.1) is 24.0 Å². The van der Waals surface area contributed by atoms with Crippen LogP contribution in [0.5, 0.6) is 5.88 Å². The van der Waals surface area contributed by atoms with Crippen LogP contribution in [0.4, 0.5) is 0 Å². The molecule has 30 heavy (non-hydrogen) atoms. The first-order valence-electron chi connectivity index (χ1n) is 10.6. The van der Waals surface area contributed by atoms with Crippen molar-refractivity contribution in [1.82, 2.24) is 25.4 Å². The Morgan fingerprint density at radius 2 is 1.97 bits per heavy atom. The van der Waals surface area contributed by atoms with E-state index in [0.717, 1.165) is 50.7 Å². The van der Waals surface area contributed by atoms with Crippen LogP contribution in [-0.4, -0.2) is 78.6 Å². The SMILES string of the molecule is CCCOc1ccc(CN=C(NCC)N2CCN(CC(=O)NC(C)C)CC2)cn1.I. The number of pyridine rings is 1. The van der Waals surface area contributed by atoms with Crippen LogP contribution >= 0.6 is 24.0 Å². The summed E-state index contributed by atoms with van der Waals surface area (Å²) in [5, 5.41) is 6.33. The summed E-state index contributed by atoms with van der Waals surface area (Å²) in [5.74, 6) is 1.65. The number of amides is 1. The standard InChI is InChI=1S/C21H36N6O2.HI/c1-5-13-29-20-8-7-18(14-23-20)15-24-21(22-6-2)27-11-9-26(10-12-27)16-19(28)25-17(3)4;/h7-8,14,17H,5-6,9-13,15-16H2,1-4H3,(H,22,24)(H,25,28);1H. The molecule has 170 valence electrons. The van der Waals surface area contributed by atoms with E-state index in [0.29, 0.717) is 25.6 Å². The molecular weight excluding hydrogens is 495 g/mol. The highest BCUT2D eigenvalue weighted by atomic mass is 127. The number of halogens is 1. The van der Waals surface area contributed by atoms with E-state index in [2.05, 4.69) is 39.3 Å². The number of rotatable bonds is 9. The van der Waals surface area contributed by atoms with E-state index in [9.17, 15) is 4.79 Å². The van der Waals surface area contributed by atoms with Gasteiger partial charge in [-0.2, -0.15) is 0 Å². The average molecular weight is 532 g/mol. The number of carbonyl (C=O) groups is 1. The van der Waals surface area contributed by atoms with Crippen molar-refractivity contribution in [2.45, 2.75) is 46.7 Å². The summed E-state index contributed by atoms with van der Waals surface area (Å²) in [6, 6.07) is 4.09. The normalized spacial score (nSPS) is 15.0. The lowest BCUT2D eigenvalue weighted by Gasteiger charge is -2.36. The molecule has 1 amide bonds. The van der Waals surface area contributed by atoms with Crippen LogP contribution in [0.15, 0.2) is 23.3 Å². The Bertz CT molecular complexity index is 645. The van der Waals surface area contributed by atoms with Gasteiger partial charge in [-0.1, -0.05) is 13.0 Å². The topological polar surface area (TPSA) is 82.1 Å². The summed E-state index contributed by atoms with van der Waals surface area (Å²) in [6.07, 6.45) is 2.79. The van der Waals surface area contributed by atoms with Gasteiger partial charge in [0.15, 0.2) is 5.96 Å². The average Bonchev–Trinajstić information content (AvgIpc) is 2.70. The summed E-state index contributed by atoms with van der Waals surface area (Å²) in [5.41, 5.74) is 1.05. The Labute approximate surface area is 197 Å². The van der Waals surface area contributed by atoms with Crippen LogP contribution in [0.2, 0.25) is 0 Å². The zero-order valence-electron chi connectivity index (χ0n) is 18.7. The van der Waals surface area contributed by atoms with Gasteiger partial charge in [-0.05, 0) is 32.8 Å². The first-order chi connectivity index (χ1) is 14.0. The van der Waals surface area contributed by atoms with E-state index >= 15 is 0 Å². The molecule has 2 rings (SSSR count). The van der Waals surface area contributed by atoms with Crippen molar-refractivity contribution >= 4 is 35.8 Å². The minimum atomic E-state index is 0. The van der Waals surface area contributed by atoms with E-state index in [1.807, 2.05) is 32.2 Å². The van der Waals surface area contributed by atoms with Gasteiger partial charge in [0.25, 0.3) is 0 Å². The third kappa shape index (κ3) is 9.46. The second kappa shape index (κ2) is 14.4. The Morgan fingerprint density at radius 1 is 1.23 bits per heavy atom.